The fourth-order valence-electron chi connectivity index (χ4n) is 1.32. The van der Waals surface area contributed by atoms with Crippen LogP contribution in [0.1, 0.15) is 20.3 Å². The topological polar surface area (TPSA) is 15.3 Å². The Labute approximate surface area is 74.9 Å². The first-order valence-electron chi connectivity index (χ1n) is 4.35. The van der Waals surface area contributed by atoms with Crippen LogP contribution in [0, 0.1) is 5.41 Å². The highest BCUT2D eigenvalue weighted by atomic mass is 15.5. The molecule has 2 nitrogen and oxygen atoms in total. The number of hydrogen-bond acceptors (Lipinski definition) is 2. The summed E-state index contributed by atoms with van der Waals surface area (Å²) in [4.78, 5) is 0. The monoisotopic (exact) mass is 166 g/mol. The lowest BCUT2D eigenvalue weighted by molar-refractivity contribution is 0.231. The molecule has 0 amide bonds. The number of nitrogens with one attached hydrogen (secondary N) is 1. The second kappa shape index (κ2) is 3.31. The minimum absolute atomic E-state index is 0.165. The lowest BCUT2D eigenvalue weighted by atomic mass is 9.85. The molecule has 1 heterocycles. The fraction of sp³-hybridized carbons (Fsp3) is 0.600. The highest BCUT2D eigenvalue weighted by Gasteiger charge is 2.23. The predicted molar refractivity (Wildman–Crippen MR) is 52.4 cm³/mol. The molecule has 0 atom stereocenters. The molecule has 1 aliphatic rings. The fourth-order valence-corrected chi connectivity index (χ4v) is 1.32. The van der Waals surface area contributed by atoms with Crippen molar-refractivity contribution in [1.29, 1.82) is 0 Å². The van der Waals surface area contributed by atoms with Gasteiger partial charge in [0.05, 0.1) is 0 Å². The summed E-state index contributed by atoms with van der Waals surface area (Å²) in [5.41, 5.74) is 4.55. The van der Waals surface area contributed by atoms with E-state index in [1.165, 1.54) is 0 Å². The molecular formula is C10H18N2. The Morgan fingerprint density at radius 3 is 2.83 bits per heavy atom. The second-order valence-electron chi connectivity index (χ2n) is 3.93. The standard InChI is InChI=1S/C10H18N2/c1-9-10(2,3)7-5-6-8-11-12(9)4/h5-6,11H,1,7-8H2,2-4H3/b6-5-. The molecule has 0 aliphatic carbocycles. The summed E-state index contributed by atoms with van der Waals surface area (Å²) in [5.74, 6) is 0. The van der Waals surface area contributed by atoms with Crippen LogP contribution in [0.3, 0.4) is 0 Å². The van der Waals surface area contributed by atoms with Crippen molar-refractivity contribution in [2.45, 2.75) is 20.3 Å². The first kappa shape index (κ1) is 9.33. The summed E-state index contributed by atoms with van der Waals surface area (Å²) in [6.07, 6.45) is 5.44. The van der Waals surface area contributed by atoms with Gasteiger partial charge >= 0.3 is 0 Å². The van der Waals surface area contributed by atoms with E-state index in [9.17, 15) is 0 Å². The van der Waals surface area contributed by atoms with Gasteiger partial charge in [0.1, 0.15) is 0 Å². The summed E-state index contributed by atoms with van der Waals surface area (Å²) in [5, 5.41) is 2.02. The quantitative estimate of drug-likeness (QED) is 0.553. The number of hydrogen-bond donors (Lipinski definition) is 1. The zero-order valence-electron chi connectivity index (χ0n) is 8.22. The van der Waals surface area contributed by atoms with Gasteiger partial charge in [-0.15, -0.1) is 0 Å². The van der Waals surface area contributed by atoms with Crippen LogP contribution in [-0.2, 0) is 0 Å². The van der Waals surface area contributed by atoms with Gasteiger partial charge in [0, 0.05) is 24.7 Å². The molecule has 0 spiro atoms. The van der Waals surface area contributed by atoms with Crippen LogP contribution in [0.15, 0.2) is 24.4 Å². The summed E-state index contributed by atoms with van der Waals surface area (Å²) in [7, 11) is 2.02. The smallest absolute Gasteiger partial charge is 0.0330 e. The Bertz CT molecular complexity index is 204. The molecule has 0 bridgehead atoms. The number of rotatable bonds is 0. The molecule has 0 aromatic rings. The van der Waals surface area contributed by atoms with Gasteiger partial charge in [-0.2, -0.15) is 0 Å². The van der Waals surface area contributed by atoms with Crippen molar-refractivity contribution >= 4 is 0 Å². The van der Waals surface area contributed by atoms with E-state index >= 15 is 0 Å². The van der Waals surface area contributed by atoms with Crippen LogP contribution in [0.2, 0.25) is 0 Å². The van der Waals surface area contributed by atoms with Crippen LogP contribution >= 0.6 is 0 Å². The third-order valence-corrected chi connectivity index (χ3v) is 2.43. The van der Waals surface area contributed by atoms with Gasteiger partial charge < -0.3 is 5.01 Å². The molecule has 1 aliphatic heterocycles. The van der Waals surface area contributed by atoms with Crippen LogP contribution in [-0.4, -0.2) is 18.6 Å². The van der Waals surface area contributed by atoms with Crippen molar-refractivity contribution < 1.29 is 0 Å². The molecule has 1 rings (SSSR count). The summed E-state index contributed by atoms with van der Waals surface area (Å²) < 4.78 is 0. The van der Waals surface area contributed by atoms with E-state index < -0.39 is 0 Å². The third kappa shape index (κ3) is 1.89. The van der Waals surface area contributed by atoms with Crippen LogP contribution in [0.5, 0.6) is 0 Å². The molecule has 1 N–H and O–H groups in total. The van der Waals surface area contributed by atoms with E-state index in [1.807, 2.05) is 12.1 Å². The van der Waals surface area contributed by atoms with Crippen LogP contribution < -0.4 is 5.43 Å². The minimum Gasteiger partial charge on any atom is -0.315 e. The van der Waals surface area contributed by atoms with Crippen molar-refractivity contribution in [3.05, 3.63) is 24.4 Å². The van der Waals surface area contributed by atoms with E-state index in [-0.39, 0.29) is 5.41 Å². The van der Waals surface area contributed by atoms with E-state index in [0.717, 1.165) is 18.7 Å². The van der Waals surface area contributed by atoms with E-state index in [0.29, 0.717) is 0 Å². The van der Waals surface area contributed by atoms with Gasteiger partial charge in [-0.1, -0.05) is 32.6 Å². The average molecular weight is 166 g/mol. The van der Waals surface area contributed by atoms with Crippen molar-refractivity contribution in [3.63, 3.8) is 0 Å². The molecular weight excluding hydrogens is 148 g/mol. The lowest BCUT2D eigenvalue weighted by Gasteiger charge is -2.35. The molecule has 0 saturated carbocycles. The molecule has 2 heteroatoms. The van der Waals surface area contributed by atoms with Crippen molar-refractivity contribution in [3.8, 4) is 0 Å². The number of hydrazine groups is 1. The Balaban J connectivity index is 2.80. The van der Waals surface area contributed by atoms with Crippen molar-refractivity contribution in [2.24, 2.45) is 5.41 Å². The van der Waals surface area contributed by atoms with Gasteiger partial charge in [-0.3, -0.25) is 0 Å². The normalized spacial score (nSPS) is 26.2. The second-order valence-corrected chi connectivity index (χ2v) is 3.93. The van der Waals surface area contributed by atoms with Crippen LogP contribution in [0.4, 0.5) is 0 Å². The SMILES string of the molecule is C=C1N(C)NC/C=C\CC1(C)C. The lowest BCUT2D eigenvalue weighted by Crippen LogP contribution is -2.39. The van der Waals surface area contributed by atoms with Gasteiger partial charge in [0.15, 0.2) is 0 Å². The first-order chi connectivity index (χ1) is 5.54. The van der Waals surface area contributed by atoms with Gasteiger partial charge in [0.2, 0.25) is 0 Å². The van der Waals surface area contributed by atoms with E-state index in [2.05, 4.69) is 38.0 Å². The molecule has 0 fully saturated rings. The summed E-state index contributed by atoms with van der Waals surface area (Å²) in [6.45, 7) is 9.40. The summed E-state index contributed by atoms with van der Waals surface area (Å²) in [6, 6.07) is 0. The van der Waals surface area contributed by atoms with E-state index in [4.69, 9.17) is 0 Å². The highest BCUT2D eigenvalue weighted by molar-refractivity contribution is 5.09. The highest BCUT2D eigenvalue weighted by Crippen LogP contribution is 2.31. The predicted octanol–water partition coefficient (Wildman–Crippen LogP) is 1.92. The summed E-state index contributed by atoms with van der Waals surface area (Å²) >= 11 is 0. The molecule has 0 saturated heterocycles. The molecule has 0 radical (unpaired) electrons. The van der Waals surface area contributed by atoms with Gasteiger partial charge in [-0.05, 0) is 6.42 Å². The zero-order valence-corrected chi connectivity index (χ0v) is 8.22. The molecule has 0 unspecified atom stereocenters. The molecule has 0 aromatic heterocycles. The van der Waals surface area contributed by atoms with Crippen molar-refractivity contribution in [2.75, 3.05) is 13.6 Å². The van der Waals surface area contributed by atoms with Gasteiger partial charge in [0.25, 0.3) is 0 Å². The maximum absolute atomic E-state index is 4.08. The molecule has 68 valence electrons. The largest absolute Gasteiger partial charge is 0.315 e. The Hall–Kier alpha value is -0.760. The van der Waals surface area contributed by atoms with Gasteiger partial charge in [-0.25, -0.2) is 5.43 Å². The Morgan fingerprint density at radius 2 is 2.17 bits per heavy atom. The maximum atomic E-state index is 4.08. The zero-order chi connectivity index (χ0) is 9.19. The number of allylic oxidation sites excluding steroid dienone is 2. The van der Waals surface area contributed by atoms with Crippen molar-refractivity contribution in [1.82, 2.24) is 10.4 Å². The Morgan fingerprint density at radius 1 is 1.50 bits per heavy atom. The molecule has 0 aromatic carbocycles. The minimum atomic E-state index is 0.165. The third-order valence-electron chi connectivity index (χ3n) is 2.43. The average Bonchev–Trinajstić information content (AvgIpc) is 2.00. The first-order valence-corrected chi connectivity index (χ1v) is 4.35. The number of nitrogens with zero attached hydrogens (tertiary/aromatic N) is 1. The maximum Gasteiger partial charge on any atom is 0.0330 e. The van der Waals surface area contributed by atoms with E-state index in [1.54, 1.807) is 0 Å². The Kier molecular flexibility index (Phi) is 2.58. The van der Waals surface area contributed by atoms with Crippen LogP contribution in [0.25, 0.3) is 0 Å². The molecule has 12 heavy (non-hydrogen) atoms.